The Hall–Kier alpha value is -1.98. The number of hydrogen-bond donors (Lipinski definition) is 1. The van der Waals surface area contributed by atoms with Crippen LogP contribution >= 0.6 is 0 Å². The molecule has 0 fully saturated rings. The van der Waals surface area contributed by atoms with Gasteiger partial charge in [0, 0.05) is 20.1 Å². The van der Waals surface area contributed by atoms with Crippen molar-refractivity contribution in [1.29, 1.82) is 0 Å². The summed E-state index contributed by atoms with van der Waals surface area (Å²) >= 11 is 0. The highest BCUT2D eigenvalue weighted by molar-refractivity contribution is 5.79. The number of benzene rings is 1. The summed E-state index contributed by atoms with van der Waals surface area (Å²) in [7, 11) is 1.84. The average Bonchev–Trinajstić information content (AvgIpc) is 2.43. The molecular weight excluding hydrogens is 279 g/mol. The second kappa shape index (κ2) is 7.71. The Bertz CT molecular complexity index is 478. The molecule has 6 heteroatoms. The van der Waals surface area contributed by atoms with Gasteiger partial charge in [0.05, 0.1) is 12.1 Å². The van der Waals surface area contributed by atoms with Crippen LogP contribution < -0.4 is 5.32 Å². The van der Waals surface area contributed by atoms with Gasteiger partial charge in [-0.05, 0) is 24.6 Å². The van der Waals surface area contributed by atoms with E-state index >= 15 is 0 Å². The lowest BCUT2D eigenvalue weighted by molar-refractivity contribution is -0.137. The fourth-order valence-electron chi connectivity index (χ4n) is 1.77. The summed E-state index contributed by atoms with van der Waals surface area (Å²) in [6, 6.07) is 5.15. The first-order chi connectivity index (χ1) is 9.88. The minimum Gasteiger partial charge on any atom is -0.357 e. The predicted octanol–water partition coefficient (Wildman–Crippen LogP) is 3.29. The number of rotatable bonds is 5. The van der Waals surface area contributed by atoms with E-state index in [4.69, 9.17) is 0 Å². The van der Waals surface area contributed by atoms with Gasteiger partial charge < -0.3 is 10.2 Å². The van der Waals surface area contributed by atoms with Gasteiger partial charge in [0.25, 0.3) is 0 Å². The Kier molecular flexibility index (Phi) is 6.27. The maximum atomic E-state index is 12.5. The molecule has 0 radical (unpaired) electrons. The summed E-state index contributed by atoms with van der Waals surface area (Å²) in [4.78, 5) is 6.17. The molecule has 1 rings (SSSR count). The molecule has 1 N–H and O–H groups in total. The van der Waals surface area contributed by atoms with Crippen LogP contribution in [0.5, 0.6) is 0 Å². The van der Waals surface area contributed by atoms with Crippen molar-refractivity contribution in [1.82, 2.24) is 10.2 Å². The van der Waals surface area contributed by atoms with E-state index in [2.05, 4.69) is 16.9 Å². The van der Waals surface area contributed by atoms with Crippen LogP contribution in [-0.4, -0.2) is 31.0 Å². The van der Waals surface area contributed by atoms with E-state index in [9.17, 15) is 13.2 Å². The van der Waals surface area contributed by atoms with E-state index in [0.29, 0.717) is 25.6 Å². The van der Waals surface area contributed by atoms with E-state index in [-0.39, 0.29) is 0 Å². The zero-order valence-electron chi connectivity index (χ0n) is 12.2. The van der Waals surface area contributed by atoms with Gasteiger partial charge in [-0.2, -0.15) is 13.2 Å². The number of nitrogens with zero attached hydrogens (tertiary/aromatic N) is 2. The molecule has 0 saturated heterocycles. The smallest absolute Gasteiger partial charge is 0.357 e. The van der Waals surface area contributed by atoms with Crippen LogP contribution in [0.1, 0.15) is 18.1 Å². The number of alkyl halides is 3. The molecule has 0 bridgehead atoms. The highest BCUT2D eigenvalue weighted by Crippen LogP contribution is 2.29. The standard InChI is InChI=1S/C15H20F3N3/c1-4-10-20-14(19-5-2)21(3)11-12-6-8-13(9-7-12)15(16,17)18/h4,6-9H,1,5,10-11H2,2-3H3,(H,19,20). The van der Waals surface area contributed by atoms with E-state index in [0.717, 1.165) is 17.7 Å². The molecule has 1 aromatic rings. The highest BCUT2D eigenvalue weighted by atomic mass is 19.4. The second-order valence-corrected chi connectivity index (χ2v) is 4.53. The molecule has 0 unspecified atom stereocenters. The summed E-state index contributed by atoms with van der Waals surface area (Å²) in [5.74, 6) is 0.692. The molecule has 116 valence electrons. The van der Waals surface area contributed by atoms with Crippen LogP contribution in [0.25, 0.3) is 0 Å². The van der Waals surface area contributed by atoms with Crippen LogP contribution in [0.15, 0.2) is 41.9 Å². The molecule has 0 atom stereocenters. The van der Waals surface area contributed by atoms with E-state index in [1.807, 2.05) is 18.9 Å². The first-order valence-electron chi connectivity index (χ1n) is 6.65. The third-order valence-electron chi connectivity index (χ3n) is 2.77. The summed E-state index contributed by atoms with van der Waals surface area (Å²) < 4.78 is 37.5. The number of halogens is 3. The lowest BCUT2D eigenvalue weighted by atomic mass is 10.1. The van der Waals surface area contributed by atoms with Gasteiger partial charge in [0.1, 0.15) is 0 Å². The van der Waals surface area contributed by atoms with Gasteiger partial charge in [-0.25, -0.2) is 4.99 Å². The number of guanidine groups is 1. The summed E-state index contributed by atoms with van der Waals surface area (Å²) in [6.07, 6.45) is -2.62. The van der Waals surface area contributed by atoms with Gasteiger partial charge in [-0.1, -0.05) is 18.2 Å². The van der Waals surface area contributed by atoms with Crippen LogP contribution in [0.4, 0.5) is 13.2 Å². The fourth-order valence-corrected chi connectivity index (χ4v) is 1.77. The Morgan fingerprint density at radius 1 is 1.33 bits per heavy atom. The van der Waals surface area contributed by atoms with Gasteiger partial charge >= 0.3 is 6.18 Å². The Balaban J connectivity index is 2.76. The highest BCUT2D eigenvalue weighted by Gasteiger charge is 2.29. The minimum atomic E-state index is -4.30. The minimum absolute atomic E-state index is 0.473. The Morgan fingerprint density at radius 3 is 2.43 bits per heavy atom. The predicted molar refractivity (Wildman–Crippen MR) is 79.1 cm³/mol. The largest absolute Gasteiger partial charge is 0.416 e. The third kappa shape index (κ3) is 5.49. The van der Waals surface area contributed by atoms with Crippen LogP contribution in [0.2, 0.25) is 0 Å². The molecule has 0 aromatic heterocycles. The maximum absolute atomic E-state index is 12.5. The third-order valence-corrected chi connectivity index (χ3v) is 2.77. The molecule has 0 spiro atoms. The Morgan fingerprint density at radius 2 is 1.95 bits per heavy atom. The second-order valence-electron chi connectivity index (χ2n) is 4.53. The normalized spacial score (nSPS) is 12.1. The summed E-state index contributed by atoms with van der Waals surface area (Å²) in [5.41, 5.74) is 0.149. The molecule has 0 heterocycles. The SMILES string of the molecule is C=CCN=C(NCC)N(C)Cc1ccc(C(F)(F)F)cc1. The zero-order valence-corrected chi connectivity index (χ0v) is 12.2. The average molecular weight is 299 g/mol. The lowest BCUT2D eigenvalue weighted by Gasteiger charge is -2.22. The van der Waals surface area contributed by atoms with E-state index < -0.39 is 11.7 Å². The lowest BCUT2D eigenvalue weighted by Crippen LogP contribution is -2.38. The van der Waals surface area contributed by atoms with Crippen molar-refractivity contribution < 1.29 is 13.2 Å². The zero-order chi connectivity index (χ0) is 15.9. The monoisotopic (exact) mass is 299 g/mol. The molecule has 0 aliphatic rings. The van der Waals surface area contributed by atoms with Gasteiger partial charge in [0.2, 0.25) is 0 Å². The fraction of sp³-hybridized carbons (Fsp3) is 0.400. The first-order valence-corrected chi connectivity index (χ1v) is 6.65. The molecule has 0 aliphatic heterocycles. The van der Waals surface area contributed by atoms with Crippen LogP contribution in [0.3, 0.4) is 0 Å². The molecule has 0 amide bonds. The summed E-state index contributed by atoms with van der Waals surface area (Å²) in [5, 5.41) is 3.12. The van der Waals surface area contributed by atoms with Crippen molar-refractivity contribution in [3.8, 4) is 0 Å². The number of aliphatic imine (C=N–C) groups is 1. The van der Waals surface area contributed by atoms with Crippen molar-refractivity contribution in [2.75, 3.05) is 20.1 Å². The molecule has 1 aromatic carbocycles. The maximum Gasteiger partial charge on any atom is 0.416 e. The van der Waals surface area contributed by atoms with Crippen molar-refractivity contribution in [2.24, 2.45) is 4.99 Å². The van der Waals surface area contributed by atoms with Crippen LogP contribution in [-0.2, 0) is 12.7 Å². The van der Waals surface area contributed by atoms with Crippen molar-refractivity contribution >= 4 is 5.96 Å². The molecule has 3 nitrogen and oxygen atoms in total. The quantitative estimate of drug-likeness (QED) is 0.513. The molecule has 21 heavy (non-hydrogen) atoms. The van der Waals surface area contributed by atoms with Gasteiger partial charge in [0.15, 0.2) is 5.96 Å². The molecule has 0 saturated carbocycles. The van der Waals surface area contributed by atoms with E-state index in [1.165, 1.54) is 12.1 Å². The number of nitrogens with one attached hydrogen (secondary N) is 1. The molecular formula is C15H20F3N3. The van der Waals surface area contributed by atoms with E-state index in [1.54, 1.807) is 6.08 Å². The summed E-state index contributed by atoms with van der Waals surface area (Å²) in [6.45, 7) is 7.24. The van der Waals surface area contributed by atoms with Crippen LogP contribution in [0, 0.1) is 0 Å². The Labute approximate surface area is 123 Å². The van der Waals surface area contributed by atoms with Gasteiger partial charge in [-0.3, -0.25) is 0 Å². The van der Waals surface area contributed by atoms with Gasteiger partial charge in [-0.15, -0.1) is 6.58 Å². The van der Waals surface area contributed by atoms with Crippen molar-refractivity contribution in [3.05, 3.63) is 48.0 Å². The van der Waals surface area contributed by atoms with Crippen molar-refractivity contribution in [2.45, 2.75) is 19.6 Å². The molecule has 0 aliphatic carbocycles. The first kappa shape index (κ1) is 17.1. The topological polar surface area (TPSA) is 27.6 Å². The number of hydrogen-bond acceptors (Lipinski definition) is 1. The van der Waals surface area contributed by atoms with Crippen molar-refractivity contribution in [3.63, 3.8) is 0 Å².